The summed E-state index contributed by atoms with van der Waals surface area (Å²) in [5.74, 6) is 0.294. The van der Waals surface area contributed by atoms with Gasteiger partial charge < -0.3 is 15.8 Å². The first-order valence-electron chi connectivity index (χ1n) is 6.24. The van der Waals surface area contributed by atoms with Crippen LogP contribution in [0.25, 0.3) is 0 Å². The SMILES string of the molecule is COc1ncccc1CNC(=O)c1cc(C)ccc1N. The largest absolute Gasteiger partial charge is 0.481 e. The van der Waals surface area contributed by atoms with Crippen LogP contribution in [-0.2, 0) is 6.54 Å². The van der Waals surface area contributed by atoms with Gasteiger partial charge in [0.25, 0.3) is 5.91 Å². The first kappa shape index (κ1) is 13.9. The van der Waals surface area contributed by atoms with Gasteiger partial charge in [-0.15, -0.1) is 0 Å². The minimum Gasteiger partial charge on any atom is -0.481 e. The lowest BCUT2D eigenvalue weighted by Gasteiger charge is -2.10. The highest BCUT2D eigenvalue weighted by molar-refractivity contribution is 5.99. The third kappa shape index (κ3) is 3.06. The summed E-state index contributed by atoms with van der Waals surface area (Å²) >= 11 is 0. The molecule has 3 N–H and O–H groups in total. The zero-order valence-electron chi connectivity index (χ0n) is 11.5. The first-order valence-corrected chi connectivity index (χ1v) is 6.24. The maximum absolute atomic E-state index is 12.1. The van der Waals surface area contributed by atoms with Crippen LogP contribution in [0.15, 0.2) is 36.5 Å². The van der Waals surface area contributed by atoms with Gasteiger partial charge in [0.2, 0.25) is 5.88 Å². The van der Waals surface area contributed by atoms with Crippen LogP contribution in [0.5, 0.6) is 5.88 Å². The summed E-state index contributed by atoms with van der Waals surface area (Å²) in [6.45, 7) is 2.25. The molecule has 1 heterocycles. The molecular weight excluding hydrogens is 254 g/mol. The zero-order chi connectivity index (χ0) is 14.5. The second kappa shape index (κ2) is 6.06. The number of amides is 1. The Labute approximate surface area is 117 Å². The summed E-state index contributed by atoms with van der Waals surface area (Å²) in [6.07, 6.45) is 1.64. The molecule has 0 atom stereocenters. The van der Waals surface area contributed by atoms with Crippen LogP contribution in [-0.4, -0.2) is 18.0 Å². The number of aryl methyl sites for hydroxylation is 1. The van der Waals surface area contributed by atoms with Crippen LogP contribution in [0.3, 0.4) is 0 Å². The van der Waals surface area contributed by atoms with Gasteiger partial charge in [-0.25, -0.2) is 4.98 Å². The van der Waals surface area contributed by atoms with E-state index < -0.39 is 0 Å². The fourth-order valence-corrected chi connectivity index (χ4v) is 1.88. The van der Waals surface area contributed by atoms with Gasteiger partial charge in [0, 0.05) is 24.0 Å². The van der Waals surface area contributed by atoms with Crippen molar-refractivity contribution in [1.82, 2.24) is 10.3 Å². The van der Waals surface area contributed by atoms with Gasteiger partial charge >= 0.3 is 0 Å². The maximum Gasteiger partial charge on any atom is 0.253 e. The van der Waals surface area contributed by atoms with Crippen molar-refractivity contribution in [3.05, 3.63) is 53.2 Å². The Kier molecular flexibility index (Phi) is 4.20. The number of nitrogens with one attached hydrogen (secondary N) is 1. The molecule has 1 aromatic heterocycles. The lowest BCUT2D eigenvalue weighted by molar-refractivity contribution is 0.0951. The molecule has 0 saturated carbocycles. The van der Waals surface area contributed by atoms with Crippen LogP contribution < -0.4 is 15.8 Å². The predicted molar refractivity (Wildman–Crippen MR) is 77.6 cm³/mol. The first-order chi connectivity index (χ1) is 9.61. The number of pyridine rings is 1. The van der Waals surface area contributed by atoms with Crippen LogP contribution in [0.2, 0.25) is 0 Å². The van der Waals surface area contributed by atoms with Gasteiger partial charge in [-0.1, -0.05) is 17.7 Å². The third-order valence-corrected chi connectivity index (χ3v) is 2.94. The van der Waals surface area contributed by atoms with Crippen LogP contribution >= 0.6 is 0 Å². The quantitative estimate of drug-likeness (QED) is 0.833. The number of nitrogens with zero attached hydrogens (tertiary/aromatic N) is 1. The fourth-order valence-electron chi connectivity index (χ4n) is 1.88. The Bertz CT molecular complexity index is 626. The number of methoxy groups -OCH3 is 1. The Balaban J connectivity index is 2.11. The summed E-state index contributed by atoms with van der Waals surface area (Å²) in [6, 6.07) is 9.02. The normalized spacial score (nSPS) is 10.1. The van der Waals surface area contributed by atoms with Crippen molar-refractivity contribution < 1.29 is 9.53 Å². The molecule has 5 nitrogen and oxygen atoms in total. The van der Waals surface area contributed by atoms with Crippen molar-refractivity contribution >= 4 is 11.6 Å². The van der Waals surface area contributed by atoms with E-state index in [0.717, 1.165) is 11.1 Å². The Hall–Kier alpha value is -2.56. The van der Waals surface area contributed by atoms with E-state index in [2.05, 4.69) is 10.3 Å². The number of nitrogens with two attached hydrogens (primary N) is 1. The molecule has 104 valence electrons. The molecule has 2 rings (SSSR count). The molecule has 0 aliphatic heterocycles. The van der Waals surface area contributed by atoms with E-state index in [4.69, 9.17) is 10.5 Å². The summed E-state index contributed by atoms with van der Waals surface area (Å²) in [5, 5.41) is 2.82. The Morgan fingerprint density at radius 2 is 2.20 bits per heavy atom. The third-order valence-electron chi connectivity index (χ3n) is 2.94. The Morgan fingerprint density at radius 3 is 2.95 bits per heavy atom. The monoisotopic (exact) mass is 271 g/mol. The van der Waals surface area contributed by atoms with Gasteiger partial charge in [-0.05, 0) is 25.1 Å². The second-order valence-corrected chi connectivity index (χ2v) is 4.45. The van der Waals surface area contributed by atoms with Crippen LogP contribution in [0.4, 0.5) is 5.69 Å². The molecule has 0 radical (unpaired) electrons. The highest BCUT2D eigenvalue weighted by Crippen LogP contribution is 2.16. The molecule has 1 aromatic carbocycles. The van der Waals surface area contributed by atoms with E-state index in [0.29, 0.717) is 23.7 Å². The van der Waals surface area contributed by atoms with E-state index in [1.54, 1.807) is 31.5 Å². The molecule has 0 bridgehead atoms. The van der Waals surface area contributed by atoms with E-state index in [1.165, 1.54) is 0 Å². The number of benzene rings is 1. The smallest absolute Gasteiger partial charge is 0.253 e. The van der Waals surface area contributed by atoms with Crippen molar-refractivity contribution in [1.29, 1.82) is 0 Å². The topological polar surface area (TPSA) is 77.2 Å². The fraction of sp³-hybridized carbons (Fsp3) is 0.200. The van der Waals surface area contributed by atoms with Crippen molar-refractivity contribution in [2.45, 2.75) is 13.5 Å². The molecule has 0 aliphatic carbocycles. The summed E-state index contributed by atoms with van der Waals surface area (Å²) < 4.78 is 5.14. The summed E-state index contributed by atoms with van der Waals surface area (Å²) in [7, 11) is 1.55. The molecule has 1 amide bonds. The molecular formula is C15H17N3O2. The number of carbonyl (C=O) groups excluding carboxylic acids is 1. The number of aromatic nitrogens is 1. The van der Waals surface area contributed by atoms with Crippen LogP contribution in [0, 0.1) is 6.92 Å². The van der Waals surface area contributed by atoms with Crippen molar-refractivity contribution in [3.8, 4) is 5.88 Å². The number of ether oxygens (including phenoxy) is 1. The number of carbonyl (C=O) groups is 1. The molecule has 20 heavy (non-hydrogen) atoms. The average molecular weight is 271 g/mol. The van der Waals surface area contributed by atoms with E-state index in [-0.39, 0.29) is 5.91 Å². The van der Waals surface area contributed by atoms with E-state index >= 15 is 0 Å². The van der Waals surface area contributed by atoms with Crippen molar-refractivity contribution in [2.75, 3.05) is 12.8 Å². The molecule has 2 aromatic rings. The highest BCUT2D eigenvalue weighted by Gasteiger charge is 2.11. The zero-order valence-corrected chi connectivity index (χ0v) is 11.5. The molecule has 0 saturated heterocycles. The van der Waals surface area contributed by atoms with Gasteiger partial charge in [-0.3, -0.25) is 4.79 Å². The average Bonchev–Trinajstić information content (AvgIpc) is 2.47. The van der Waals surface area contributed by atoms with Crippen molar-refractivity contribution in [2.24, 2.45) is 0 Å². The Morgan fingerprint density at radius 1 is 1.40 bits per heavy atom. The highest BCUT2D eigenvalue weighted by atomic mass is 16.5. The lowest BCUT2D eigenvalue weighted by atomic mass is 10.1. The van der Waals surface area contributed by atoms with Gasteiger partial charge in [-0.2, -0.15) is 0 Å². The van der Waals surface area contributed by atoms with Gasteiger partial charge in [0.05, 0.1) is 12.7 Å². The molecule has 0 aliphatic rings. The maximum atomic E-state index is 12.1. The minimum absolute atomic E-state index is 0.211. The van der Waals surface area contributed by atoms with E-state index in [1.807, 2.05) is 19.1 Å². The number of anilines is 1. The van der Waals surface area contributed by atoms with Crippen molar-refractivity contribution in [3.63, 3.8) is 0 Å². The molecule has 0 fully saturated rings. The van der Waals surface area contributed by atoms with E-state index in [9.17, 15) is 4.79 Å². The summed E-state index contributed by atoms with van der Waals surface area (Å²) in [5.41, 5.74) is 8.56. The number of rotatable bonds is 4. The van der Waals surface area contributed by atoms with Gasteiger partial charge in [0.1, 0.15) is 0 Å². The predicted octanol–water partition coefficient (Wildman–Crippen LogP) is 1.91. The molecule has 5 heteroatoms. The van der Waals surface area contributed by atoms with Crippen LogP contribution in [0.1, 0.15) is 21.5 Å². The van der Waals surface area contributed by atoms with Gasteiger partial charge in [0.15, 0.2) is 0 Å². The second-order valence-electron chi connectivity index (χ2n) is 4.45. The minimum atomic E-state index is -0.211. The molecule has 0 spiro atoms. The summed E-state index contributed by atoms with van der Waals surface area (Å²) in [4.78, 5) is 16.2. The number of hydrogen-bond donors (Lipinski definition) is 2. The number of hydrogen-bond acceptors (Lipinski definition) is 4. The standard InChI is InChI=1S/C15H17N3O2/c1-10-5-6-13(16)12(8-10)14(19)18-9-11-4-3-7-17-15(11)20-2/h3-8H,9,16H2,1-2H3,(H,18,19). The number of nitrogen functional groups attached to an aromatic ring is 1. The molecule has 0 unspecified atom stereocenters. The lowest BCUT2D eigenvalue weighted by Crippen LogP contribution is -2.24.